The highest BCUT2D eigenvalue weighted by Gasteiger charge is 2.03. The summed E-state index contributed by atoms with van der Waals surface area (Å²) >= 11 is 5.73. The lowest BCUT2D eigenvalue weighted by molar-refractivity contribution is 0.0954. The molecule has 0 saturated heterocycles. The molecule has 3 nitrogen and oxygen atoms in total. The normalized spacial score (nSPS) is 9.69. The van der Waals surface area contributed by atoms with Gasteiger partial charge in [-0.05, 0) is 37.1 Å². The molecule has 0 bridgehead atoms. The van der Waals surface area contributed by atoms with Crippen molar-refractivity contribution in [3.8, 4) is 0 Å². The van der Waals surface area contributed by atoms with Crippen LogP contribution >= 0.6 is 11.6 Å². The van der Waals surface area contributed by atoms with Gasteiger partial charge in [0.25, 0.3) is 5.91 Å². The Bertz CT molecular complexity index is 379. The molecule has 1 amide bonds. The molecule has 0 saturated carbocycles. The van der Waals surface area contributed by atoms with E-state index in [-0.39, 0.29) is 5.91 Å². The van der Waals surface area contributed by atoms with Gasteiger partial charge < -0.3 is 0 Å². The van der Waals surface area contributed by atoms with Gasteiger partial charge >= 0.3 is 0 Å². The van der Waals surface area contributed by atoms with Crippen LogP contribution in [0.1, 0.15) is 37.0 Å². The maximum atomic E-state index is 11.6. The van der Waals surface area contributed by atoms with Gasteiger partial charge in [-0.3, -0.25) is 4.79 Å². The van der Waals surface area contributed by atoms with Crippen LogP contribution in [0.5, 0.6) is 0 Å². The third-order valence-electron chi connectivity index (χ3n) is 2.24. The summed E-state index contributed by atoms with van der Waals surface area (Å²) in [7, 11) is 0. The van der Waals surface area contributed by atoms with Crippen LogP contribution in [0, 0.1) is 0 Å². The van der Waals surface area contributed by atoms with E-state index >= 15 is 0 Å². The van der Waals surface area contributed by atoms with E-state index in [1.165, 1.54) is 0 Å². The second kappa shape index (κ2) is 6.28. The van der Waals surface area contributed by atoms with Crippen molar-refractivity contribution in [3.63, 3.8) is 0 Å². The van der Waals surface area contributed by atoms with Gasteiger partial charge in [0.1, 0.15) is 0 Å². The quantitative estimate of drug-likeness (QED) is 0.635. The third kappa shape index (κ3) is 3.66. The fourth-order valence-corrected chi connectivity index (χ4v) is 1.33. The Morgan fingerprint density at radius 3 is 2.31 bits per heavy atom. The number of nitrogens with one attached hydrogen (secondary N) is 1. The fourth-order valence-electron chi connectivity index (χ4n) is 1.20. The summed E-state index contributed by atoms with van der Waals surface area (Å²) in [5.41, 5.74) is 4.06. The lowest BCUT2D eigenvalue weighted by Gasteiger charge is -2.02. The number of hydrogen-bond donors (Lipinski definition) is 1. The van der Waals surface area contributed by atoms with Crippen molar-refractivity contribution in [3.05, 3.63) is 34.9 Å². The van der Waals surface area contributed by atoms with E-state index in [0.717, 1.165) is 18.6 Å². The lowest BCUT2D eigenvalue weighted by Crippen LogP contribution is -2.19. The van der Waals surface area contributed by atoms with Crippen molar-refractivity contribution < 1.29 is 4.79 Å². The molecule has 4 heteroatoms. The number of hydrogen-bond acceptors (Lipinski definition) is 2. The fraction of sp³-hybridized carbons (Fsp3) is 0.333. The van der Waals surface area contributed by atoms with Crippen LogP contribution in [0.4, 0.5) is 0 Å². The summed E-state index contributed by atoms with van der Waals surface area (Å²) in [5, 5.41) is 4.66. The molecule has 0 aromatic heterocycles. The molecule has 0 unspecified atom stereocenters. The predicted octanol–water partition coefficient (Wildman–Crippen LogP) is 3.25. The first-order valence-corrected chi connectivity index (χ1v) is 5.66. The topological polar surface area (TPSA) is 41.5 Å². The summed E-state index contributed by atoms with van der Waals surface area (Å²) in [6.45, 7) is 4.02. The zero-order valence-electron chi connectivity index (χ0n) is 9.46. The van der Waals surface area contributed by atoms with E-state index in [1.54, 1.807) is 24.3 Å². The molecule has 0 heterocycles. The first-order chi connectivity index (χ1) is 7.67. The summed E-state index contributed by atoms with van der Waals surface area (Å²) in [5.74, 6) is -0.212. The van der Waals surface area contributed by atoms with Crippen molar-refractivity contribution in [1.82, 2.24) is 5.43 Å². The molecule has 0 aliphatic heterocycles. The maximum Gasteiger partial charge on any atom is 0.271 e. The molecule has 1 aromatic carbocycles. The van der Waals surface area contributed by atoms with E-state index in [2.05, 4.69) is 10.5 Å². The van der Waals surface area contributed by atoms with Crippen LogP contribution in [0.25, 0.3) is 0 Å². The maximum absolute atomic E-state index is 11.6. The zero-order chi connectivity index (χ0) is 12.0. The van der Waals surface area contributed by atoms with Crippen molar-refractivity contribution in [2.45, 2.75) is 26.7 Å². The minimum Gasteiger partial charge on any atom is -0.267 e. The Hall–Kier alpha value is -1.35. The number of carbonyl (C=O) groups is 1. The number of amides is 1. The van der Waals surface area contributed by atoms with Crippen LogP contribution < -0.4 is 5.43 Å². The van der Waals surface area contributed by atoms with E-state index in [0.29, 0.717) is 10.6 Å². The molecule has 0 fully saturated rings. The Balaban J connectivity index is 2.66. The predicted molar refractivity (Wildman–Crippen MR) is 66.9 cm³/mol. The minimum atomic E-state index is -0.212. The van der Waals surface area contributed by atoms with Crippen molar-refractivity contribution in [2.75, 3.05) is 0 Å². The molecule has 0 aliphatic carbocycles. The Morgan fingerprint density at radius 2 is 1.81 bits per heavy atom. The van der Waals surface area contributed by atoms with Crippen LogP contribution in [0.15, 0.2) is 29.4 Å². The summed E-state index contributed by atoms with van der Waals surface area (Å²) < 4.78 is 0. The Kier molecular flexibility index (Phi) is 4.99. The highest BCUT2D eigenvalue weighted by atomic mass is 35.5. The summed E-state index contributed by atoms with van der Waals surface area (Å²) in [4.78, 5) is 11.6. The molecular weight excluding hydrogens is 224 g/mol. The SMILES string of the molecule is CCC(CC)=NNC(=O)c1ccc(Cl)cc1. The van der Waals surface area contributed by atoms with E-state index in [9.17, 15) is 4.79 Å². The monoisotopic (exact) mass is 238 g/mol. The van der Waals surface area contributed by atoms with Crippen LogP contribution in [0.3, 0.4) is 0 Å². The minimum absolute atomic E-state index is 0.212. The lowest BCUT2D eigenvalue weighted by atomic mass is 10.2. The average Bonchev–Trinajstić information content (AvgIpc) is 2.31. The Labute approximate surface area is 101 Å². The van der Waals surface area contributed by atoms with Gasteiger partial charge in [0.2, 0.25) is 0 Å². The molecule has 0 spiro atoms. The van der Waals surface area contributed by atoms with E-state index in [1.807, 2.05) is 13.8 Å². The van der Waals surface area contributed by atoms with Crippen molar-refractivity contribution >= 4 is 23.2 Å². The third-order valence-corrected chi connectivity index (χ3v) is 2.49. The van der Waals surface area contributed by atoms with Crippen LogP contribution in [-0.4, -0.2) is 11.6 Å². The largest absolute Gasteiger partial charge is 0.271 e. The van der Waals surface area contributed by atoms with Gasteiger partial charge in [-0.15, -0.1) is 0 Å². The highest BCUT2D eigenvalue weighted by Crippen LogP contribution is 2.09. The molecule has 1 aromatic rings. The molecule has 0 aliphatic rings. The highest BCUT2D eigenvalue weighted by molar-refractivity contribution is 6.30. The van der Waals surface area contributed by atoms with Gasteiger partial charge in [-0.1, -0.05) is 25.4 Å². The first-order valence-electron chi connectivity index (χ1n) is 5.28. The number of rotatable bonds is 4. The molecular formula is C12H15ClN2O. The molecule has 86 valence electrons. The number of hydrazone groups is 1. The molecule has 16 heavy (non-hydrogen) atoms. The molecule has 1 rings (SSSR count). The van der Waals surface area contributed by atoms with Crippen molar-refractivity contribution in [1.29, 1.82) is 0 Å². The van der Waals surface area contributed by atoms with Crippen LogP contribution in [0.2, 0.25) is 5.02 Å². The standard InChI is InChI=1S/C12H15ClN2O/c1-3-11(4-2)14-15-12(16)9-5-7-10(13)8-6-9/h5-8H,3-4H2,1-2H3,(H,15,16). The Morgan fingerprint density at radius 1 is 1.25 bits per heavy atom. The average molecular weight is 239 g/mol. The smallest absolute Gasteiger partial charge is 0.267 e. The van der Waals surface area contributed by atoms with Gasteiger partial charge in [0.05, 0.1) is 0 Å². The van der Waals surface area contributed by atoms with Gasteiger partial charge in [-0.2, -0.15) is 5.10 Å². The van der Waals surface area contributed by atoms with Crippen molar-refractivity contribution in [2.24, 2.45) is 5.10 Å². The summed E-state index contributed by atoms with van der Waals surface area (Å²) in [6.07, 6.45) is 1.69. The molecule has 1 N–H and O–H groups in total. The second-order valence-corrected chi connectivity index (χ2v) is 3.77. The number of halogens is 1. The van der Waals surface area contributed by atoms with Gasteiger partial charge in [0, 0.05) is 16.3 Å². The number of carbonyl (C=O) groups excluding carboxylic acids is 1. The van der Waals surface area contributed by atoms with E-state index < -0.39 is 0 Å². The first kappa shape index (κ1) is 12.7. The van der Waals surface area contributed by atoms with E-state index in [4.69, 9.17) is 11.6 Å². The molecule has 0 atom stereocenters. The summed E-state index contributed by atoms with van der Waals surface area (Å²) in [6, 6.07) is 6.71. The number of benzene rings is 1. The second-order valence-electron chi connectivity index (χ2n) is 3.33. The van der Waals surface area contributed by atoms with Gasteiger partial charge in [-0.25, -0.2) is 5.43 Å². The van der Waals surface area contributed by atoms with Crippen LogP contribution in [-0.2, 0) is 0 Å². The number of nitrogens with zero attached hydrogens (tertiary/aromatic N) is 1. The molecule has 0 radical (unpaired) electrons. The van der Waals surface area contributed by atoms with Gasteiger partial charge in [0.15, 0.2) is 0 Å². The zero-order valence-corrected chi connectivity index (χ0v) is 10.2.